The molecule has 1 aromatic heterocycles. The van der Waals surface area contributed by atoms with Gasteiger partial charge >= 0.3 is 6.18 Å². The van der Waals surface area contributed by atoms with E-state index in [9.17, 15) is 13.2 Å². The molecule has 2 rings (SSSR count). The van der Waals surface area contributed by atoms with Crippen LogP contribution in [0.1, 0.15) is 5.69 Å². The quantitative estimate of drug-likeness (QED) is 0.749. The minimum atomic E-state index is -4.51. The summed E-state index contributed by atoms with van der Waals surface area (Å²) < 4.78 is 38.8. The van der Waals surface area contributed by atoms with Crippen molar-refractivity contribution in [3.63, 3.8) is 0 Å². The number of fused-ring (bicyclic) bond motifs is 1. The Morgan fingerprint density at radius 1 is 1.12 bits per heavy atom. The average Bonchev–Trinajstić information content (AvgIpc) is 2.21. The molecular weight excluding hydrogens is 365 g/mol. The number of hydrogen-bond acceptors (Lipinski definition) is 2. The predicted octanol–water partition coefficient (Wildman–Crippen LogP) is 4.36. The van der Waals surface area contributed by atoms with E-state index < -0.39 is 11.9 Å². The summed E-state index contributed by atoms with van der Waals surface area (Å²) in [5.41, 5.74) is 4.86. The molecule has 0 unspecified atom stereocenters. The van der Waals surface area contributed by atoms with Crippen molar-refractivity contribution in [2.24, 2.45) is 0 Å². The summed E-state index contributed by atoms with van der Waals surface area (Å²) in [5, 5.41) is 0.465. The van der Waals surface area contributed by atoms with Gasteiger partial charge in [-0.1, -0.05) is 15.9 Å². The van der Waals surface area contributed by atoms with Crippen LogP contribution in [-0.2, 0) is 6.18 Å². The van der Waals surface area contributed by atoms with E-state index in [0.29, 0.717) is 14.3 Å². The highest BCUT2D eigenvalue weighted by Gasteiger charge is 2.33. The molecule has 0 aliphatic rings. The molecule has 0 atom stereocenters. The molecule has 0 saturated heterocycles. The third-order valence-electron chi connectivity index (χ3n) is 2.18. The Balaban J connectivity index is 2.87. The summed E-state index contributed by atoms with van der Waals surface area (Å²) >= 11 is 6.39. The van der Waals surface area contributed by atoms with Gasteiger partial charge in [0.1, 0.15) is 5.69 Å². The number of nitrogens with two attached hydrogens (primary N) is 1. The molecule has 0 aliphatic carbocycles. The van der Waals surface area contributed by atoms with E-state index in [2.05, 4.69) is 36.8 Å². The topological polar surface area (TPSA) is 38.9 Å². The zero-order valence-corrected chi connectivity index (χ0v) is 11.3. The van der Waals surface area contributed by atoms with Crippen LogP contribution in [0.2, 0.25) is 0 Å². The van der Waals surface area contributed by atoms with Crippen LogP contribution >= 0.6 is 31.9 Å². The molecule has 2 nitrogen and oxygen atoms in total. The second-order valence-corrected chi connectivity index (χ2v) is 5.06. The molecule has 2 N–H and O–H groups in total. The fraction of sp³-hybridized carbons (Fsp3) is 0.100. The van der Waals surface area contributed by atoms with Crippen LogP contribution in [0.3, 0.4) is 0 Å². The van der Waals surface area contributed by atoms with Crippen molar-refractivity contribution in [3.8, 4) is 0 Å². The highest BCUT2D eigenvalue weighted by atomic mass is 79.9. The maximum atomic E-state index is 12.6. The van der Waals surface area contributed by atoms with Gasteiger partial charge in [0, 0.05) is 20.0 Å². The Morgan fingerprint density at radius 3 is 2.29 bits per heavy atom. The molecule has 0 bridgehead atoms. The first-order valence-electron chi connectivity index (χ1n) is 4.42. The summed E-state index contributed by atoms with van der Waals surface area (Å²) in [4.78, 5) is 3.59. The van der Waals surface area contributed by atoms with E-state index in [4.69, 9.17) is 5.73 Å². The Hall–Kier alpha value is -0.820. The number of halogens is 5. The van der Waals surface area contributed by atoms with Gasteiger partial charge < -0.3 is 5.73 Å². The van der Waals surface area contributed by atoms with Gasteiger partial charge in [0.05, 0.1) is 5.52 Å². The van der Waals surface area contributed by atoms with Gasteiger partial charge in [0.25, 0.3) is 0 Å². The lowest BCUT2D eigenvalue weighted by atomic mass is 10.1. The van der Waals surface area contributed by atoms with Crippen LogP contribution in [0.5, 0.6) is 0 Å². The number of hydrogen-bond donors (Lipinski definition) is 1. The van der Waals surface area contributed by atoms with Gasteiger partial charge in [-0.25, -0.2) is 4.98 Å². The number of alkyl halides is 3. The van der Waals surface area contributed by atoms with E-state index in [1.807, 2.05) is 0 Å². The Kier molecular flexibility index (Phi) is 3.07. The molecule has 0 fully saturated rings. The minimum absolute atomic E-state index is 0.0375. The van der Waals surface area contributed by atoms with Crippen LogP contribution in [0.25, 0.3) is 10.9 Å². The normalized spacial score (nSPS) is 12.1. The van der Waals surface area contributed by atoms with Gasteiger partial charge in [0.2, 0.25) is 0 Å². The fourth-order valence-corrected chi connectivity index (χ4v) is 2.41. The van der Waals surface area contributed by atoms with Crippen molar-refractivity contribution in [1.82, 2.24) is 4.98 Å². The molecular formula is C10H5Br2F3N2. The third kappa shape index (κ3) is 2.26. The third-order valence-corrected chi connectivity index (χ3v) is 3.48. The molecule has 17 heavy (non-hydrogen) atoms. The number of nitrogens with zero attached hydrogens (tertiary/aromatic N) is 1. The van der Waals surface area contributed by atoms with Crippen LogP contribution in [0.15, 0.2) is 27.1 Å². The maximum absolute atomic E-state index is 12.6. The summed E-state index contributed by atoms with van der Waals surface area (Å²) in [6, 6.07) is 4.14. The highest BCUT2D eigenvalue weighted by Crippen LogP contribution is 2.37. The Labute approximate surface area is 111 Å². The Bertz CT molecular complexity index is 596. The average molecular weight is 370 g/mol. The number of pyridine rings is 1. The van der Waals surface area contributed by atoms with Gasteiger partial charge in [-0.05, 0) is 34.1 Å². The van der Waals surface area contributed by atoms with E-state index in [-0.39, 0.29) is 11.2 Å². The van der Waals surface area contributed by atoms with Gasteiger partial charge in [-0.15, -0.1) is 0 Å². The van der Waals surface area contributed by atoms with E-state index in [1.54, 1.807) is 12.1 Å². The highest BCUT2D eigenvalue weighted by molar-refractivity contribution is 9.11. The van der Waals surface area contributed by atoms with Crippen molar-refractivity contribution in [3.05, 3.63) is 32.8 Å². The van der Waals surface area contributed by atoms with Crippen molar-refractivity contribution < 1.29 is 13.2 Å². The molecule has 1 heterocycles. The molecule has 90 valence electrons. The first-order chi connectivity index (χ1) is 7.80. The first kappa shape index (κ1) is 12.6. The number of benzene rings is 1. The molecule has 2 aromatic rings. The molecule has 0 amide bonds. The van der Waals surface area contributed by atoms with Crippen molar-refractivity contribution >= 4 is 48.5 Å². The van der Waals surface area contributed by atoms with Gasteiger partial charge in [-0.3, -0.25) is 0 Å². The van der Waals surface area contributed by atoms with E-state index >= 15 is 0 Å². The smallest absolute Gasteiger partial charge is 0.398 e. The first-order valence-corrected chi connectivity index (χ1v) is 6.00. The zero-order chi connectivity index (χ0) is 12.8. The minimum Gasteiger partial charge on any atom is -0.398 e. The zero-order valence-electron chi connectivity index (χ0n) is 8.15. The molecule has 7 heteroatoms. The predicted molar refractivity (Wildman–Crippen MR) is 66.6 cm³/mol. The monoisotopic (exact) mass is 368 g/mol. The summed E-state index contributed by atoms with van der Waals surface area (Å²) in [7, 11) is 0. The lowest BCUT2D eigenvalue weighted by molar-refractivity contribution is -0.140. The standard InChI is InChI=1S/C10H5Br2F3N2/c11-4-1-2-5(12)9-8(4)6(16)3-7(17-9)10(13,14)15/h1-3H,(H2,16,17). The summed E-state index contributed by atoms with van der Waals surface area (Å²) in [6.45, 7) is 0. The van der Waals surface area contributed by atoms with E-state index in [1.165, 1.54) is 0 Å². The van der Waals surface area contributed by atoms with Crippen LogP contribution in [0.4, 0.5) is 18.9 Å². The lowest BCUT2D eigenvalue weighted by Gasteiger charge is -2.11. The lowest BCUT2D eigenvalue weighted by Crippen LogP contribution is -2.09. The second kappa shape index (κ2) is 4.13. The molecule has 0 aliphatic heterocycles. The number of aromatic nitrogens is 1. The van der Waals surface area contributed by atoms with Crippen LogP contribution < -0.4 is 5.73 Å². The van der Waals surface area contributed by atoms with Gasteiger partial charge in [-0.2, -0.15) is 13.2 Å². The summed E-state index contributed by atoms with van der Waals surface area (Å²) in [6.07, 6.45) is -4.51. The molecule has 1 aromatic carbocycles. The van der Waals surface area contributed by atoms with Crippen LogP contribution in [0, 0.1) is 0 Å². The SMILES string of the molecule is Nc1cc(C(F)(F)F)nc2c(Br)ccc(Br)c12. The fourth-order valence-electron chi connectivity index (χ4n) is 1.44. The van der Waals surface area contributed by atoms with Crippen molar-refractivity contribution in [1.29, 1.82) is 0 Å². The van der Waals surface area contributed by atoms with Crippen LogP contribution in [-0.4, -0.2) is 4.98 Å². The maximum Gasteiger partial charge on any atom is 0.433 e. The van der Waals surface area contributed by atoms with Crippen molar-refractivity contribution in [2.45, 2.75) is 6.18 Å². The Morgan fingerprint density at radius 2 is 1.71 bits per heavy atom. The van der Waals surface area contributed by atoms with Crippen molar-refractivity contribution in [2.75, 3.05) is 5.73 Å². The largest absolute Gasteiger partial charge is 0.433 e. The number of anilines is 1. The summed E-state index contributed by atoms with van der Waals surface area (Å²) in [5.74, 6) is 0. The number of rotatable bonds is 0. The van der Waals surface area contributed by atoms with Gasteiger partial charge in [0.15, 0.2) is 0 Å². The van der Waals surface area contributed by atoms with E-state index in [0.717, 1.165) is 6.07 Å². The molecule has 0 saturated carbocycles. The number of nitrogen functional groups attached to an aromatic ring is 1. The second-order valence-electron chi connectivity index (χ2n) is 3.35. The molecule has 0 spiro atoms. The molecule has 0 radical (unpaired) electrons.